The molecule has 76 valence electrons. The van der Waals surface area contributed by atoms with Crippen molar-refractivity contribution in [1.82, 2.24) is 0 Å². The van der Waals surface area contributed by atoms with Crippen molar-refractivity contribution in [3.05, 3.63) is 22.2 Å². The minimum Gasteiger partial charge on any atom is -0.496 e. The van der Waals surface area contributed by atoms with Crippen LogP contribution < -0.4 is 9.47 Å². The first-order valence-corrected chi connectivity index (χ1v) is 5.08. The average molecular weight is 259 g/mol. The van der Waals surface area contributed by atoms with Gasteiger partial charge < -0.3 is 14.2 Å². The molecule has 1 atom stereocenters. The molecule has 0 aliphatic carbocycles. The Kier molecular flexibility index (Phi) is 2.65. The summed E-state index contributed by atoms with van der Waals surface area (Å²) in [5, 5.41) is 0. The second kappa shape index (κ2) is 3.79. The number of benzene rings is 1. The van der Waals surface area contributed by atoms with Crippen LogP contribution in [-0.4, -0.2) is 20.8 Å². The third-order valence-corrected chi connectivity index (χ3v) is 2.62. The van der Waals surface area contributed by atoms with Gasteiger partial charge in [0.05, 0.1) is 26.4 Å². The first-order valence-electron chi connectivity index (χ1n) is 4.29. The molecule has 14 heavy (non-hydrogen) atoms. The number of methoxy groups -OCH3 is 2. The molecule has 1 aliphatic heterocycles. The van der Waals surface area contributed by atoms with Crippen molar-refractivity contribution < 1.29 is 14.2 Å². The van der Waals surface area contributed by atoms with Gasteiger partial charge in [-0.15, -0.1) is 0 Å². The molecule has 1 aromatic rings. The van der Waals surface area contributed by atoms with Crippen molar-refractivity contribution >= 4 is 15.9 Å². The first kappa shape index (κ1) is 9.80. The Morgan fingerprint density at radius 1 is 1.29 bits per heavy atom. The molecule has 1 fully saturated rings. The Morgan fingerprint density at radius 3 is 2.14 bits per heavy atom. The summed E-state index contributed by atoms with van der Waals surface area (Å²) < 4.78 is 16.7. The van der Waals surface area contributed by atoms with Gasteiger partial charge in [-0.1, -0.05) is 15.9 Å². The molecule has 0 unspecified atom stereocenters. The number of halogens is 1. The minimum atomic E-state index is 0.132. The fraction of sp³-hybridized carbons (Fsp3) is 0.400. The summed E-state index contributed by atoms with van der Waals surface area (Å²) >= 11 is 3.40. The Morgan fingerprint density at radius 2 is 1.79 bits per heavy atom. The number of ether oxygens (including phenoxy) is 3. The van der Waals surface area contributed by atoms with Crippen molar-refractivity contribution in [3.8, 4) is 11.5 Å². The molecule has 1 aliphatic rings. The monoisotopic (exact) mass is 258 g/mol. The molecule has 2 rings (SSSR count). The summed E-state index contributed by atoms with van der Waals surface area (Å²) in [6.45, 7) is 0.744. The highest BCUT2D eigenvalue weighted by molar-refractivity contribution is 9.10. The van der Waals surface area contributed by atoms with Gasteiger partial charge in [0.2, 0.25) is 0 Å². The normalized spacial score (nSPS) is 19.2. The maximum absolute atomic E-state index is 5.28. The SMILES string of the molecule is COc1cc(Br)cc(OC)c1[C@H]1CO1. The van der Waals surface area contributed by atoms with Crippen molar-refractivity contribution in [2.75, 3.05) is 20.8 Å². The average Bonchev–Trinajstić information content (AvgIpc) is 2.99. The van der Waals surface area contributed by atoms with Gasteiger partial charge in [0.1, 0.15) is 17.6 Å². The molecule has 1 saturated heterocycles. The molecule has 0 aromatic heterocycles. The summed E-state index contributed by atoms with van der Waals surface area (Å²) in [6.07, 6.45) is 0.132. The van der Waals surface area contributed by atoms with Crippen LogP contribution >= 0.6 is 15.9 Å². The van der Waals surface area contributed by atoms with E-state index < -0.39 is 0 Å². The van der Waals surface area contributed by atoms with Crippen LogP contribution in [0.1, 0.15) is 11.7 Å². The van der Waals surface area contributed by atoms with Gasteiger partial charge in [0, 0.05) is 4.47 Å². The van der Waals surface area contributed by atoms with E-state index in [2.05, 4.69) is 15.9 Å². The van der Waals surface area contributed by atoms with E-state index in [4.69, 9.17) is 14.2 Å². The lowest BCUT2D eigenvalue weighted by atomic mass is 10.1. The molecule has 4 heteroatoms. The molecule has 0 radical (unpaired) electrons. The van der Waals surface area contributed by atoms with E-state index in [1.165, 1.54) is 0 Å². The fourth-order valence-electron chi connectivity index (χ4n) is 1.44. The maximum atomic E-state index is 5.28. The molecule has 0 bridgehead atoms. The summed E-state index contributed by atoms with van der Waals surface area (Å²) in [5.41, 5.74) is 0.998. The van der Waals surface area contributed by atoms with Crippen LogP contribution in [0.3, 0.4) is 0 Å². The number of rotatable bonds is 3. The Hall–Kier alpha value is -0.740. The van der Waals surface area contributed by atoms with Crippen LogP contribution in [0.2, 0.25) is 0 Å². The molecule has 0 N–H and O–H groups in total. The van der Waals surface area contributed by atoms with Crippen molar-refractivity contribution in [2.45, 2.75) is 6.10 Å². The van der Waals surface area contributed by atoms with Crippen LogP contribution in [0.5, 0.6) is 11.5 Å². The zero-order valence-corrected chi connectivity index (χ0v) is 9.63. The quantitative estimate of drug-likeness (QED) is 0.781. The Labute approximate surface area is 91.1 Å². The van der Waals surface area contributed by atoms with Gasteiger partial charge in [-0.25, -0.2) is 0 Å². The van der Waals surface area contributed by atoms with Crippen LogP contribution in [0.15, 0.2) is 16.6 Å². The van der Waals surface area contributed by atoms with E-state index in [0.717, 1.165) is 28.1 Å². The van der Waals surface area contributed by atoms with Crippen molar-refractivity contribution in [1.29, 1.82) is 0 Å². The molecule has 0 saturated carbocycles. The summed E-state index contributed by atoms with van der Waals surface area (Å²) in [6, 6.07) is 3.83. The van der Waals surface area contributed by atoms with Gasteiger partial charge in [0.15, 0.2) is 0 Å². The Bertz CT molecular complexity index is 322. The van der Waals surface area contributed by atoms with Gasteiger partial charge in [-0.3, -0.25) is 0 Å². The van der Waals surface area contributed by atoms with E-state index in [0.29, 0.717) is 0 Å². The predicted molar refractivity (Wildman–Crippen MR) is 55.9 cm³/mol. The molecular weight excluding hydrogens is 248 g/mol. The summed E-state index contributed by atoms with van der Waals surface area (Å²) in [7, 11) is 3.29. The standard InChI is InChI=1S/C10H11BrO3/c1-12-7-3-6(11)4-8(13-2)10(7)9-5-14-9/h3-4,9H,5H2,1-2H3/t9-/m1/s1. The second-order valence-corrected chi connectivity index (χ2v) is 3.96. The van der Waals surface area contributed by atoms with Crippen LogP contribution in [0, 0.1) is 0 Å². The van der Waals surface area contributed by atoms with Gasteiger partial charge in [-0.2, -0.15) is 0 Å². The van der Waals surface area contributed by atoms with E-state index in [9.17, 15) is 0 Å². The number of epoxide rings is 1. The predicted octanol–water partition coefficient (Wildman–Crippen LogP) is 2.54. The van der Waals surface area contributed by atoms with E-state index in [1.807, 2.05) is 12.1 Å². The van der Waals surface area contributed by atoms with E-state index in [-0.39, 0.29) is 6.10 Å². The molecule has 1 heterocycles. The third kappa shape index (κ3) is 1.72. The van der Waals surface area contributed by atoms with Gasteiger partial charge >= 0.3 is 0 Å². The number of hydrogen-bond acceptors (Lipinski definition) is 3. The summed E-state index contributed by atoms with van der Waals surface area (Å²) in [4.78, 5) is 0. The molecule has 3 nitrogen and oxygen atoms in total. The molecule has 0 spiro atoms. The van der Waals surface area contributed by atoms with E-state index >= 15 is 0 Å². The lowest BCUT2D eigenvalue weighted by molar-refractivity contribution is 0.359. The smallest absolute Gasteiger partial charge is 0.129 e. The lowest BCUT2D eigenvalue weighted by Gasteiger charge is -2.11. The highest BCUT2D eigenvalue weighted by Gasteiger charge is 2.31. The van der Waals surface area contributed by atoms with Crippen LogP contribution in [0.25, 0.3) is 0 Å². The molecular formula is C10H11BrO3. The minimum absolute atomic E-state index is 0.132. The molecule has 1 aromatic carbocycles. The van der Waals surface area contributed by atoms with Crippen LogP contribution in [0.4, 0.5) is 0 Å². The highest BCUT2D eigenvalue weighted by Crippen LogP contribution is 2.43. The second-order valence-electron chi connectivity index (χ2n) is 3.05. The fourth-order valence-corrected chi connectivity index (χ4v) is 1.85. The number of hydrogen-bond donors (Lipinski definition) is 0. The topological polar surface area (TPSA) is 31.0 Å². The summed E-state index contributed by atoms with van der Waals surface area (Å²) in [5.74, 6) is 1.61. The zero-order valence-electron chi connectivity index (χ0n) is 8.04. The Balaban J connectivity index is 2.50. The lowest BCUT2D eigenvalue weighted by Crippen LogP contribution is -1.96. The first-order chi connectivity index (χ1) is 6.76. The third-order valence-electron chi connectivity index (χ3n) is 2.16. The highest BCUT2D eigenvalue weighted by atomic mass is 79.9. The van der Waals surface area contributed by atoms with Crippen LogP contribution in [-0.2, 0) is 4.74 Å². The van der Waals surface area contributed by atoms with E-state index in [1.54, 1.807) is 14.2 Å². The van der Waals surface area contributed by atoms with Crippen molar-refractivity contribution in [3.63, 3.8) is 0 Å². The zero-order chi connectivity index (χ0) is 10.1. The largest absolute Gasteiger partial charge is 0.496 e. The van der Waals surface area contributed by atoms with Gasteiger partial charge in [0.25, 0.3) is 0 Å². The van der Waals surface area contributed by atoms with Gasteiger partial charge in [-0.05, 0) is 12.1 Å². The molecule has 0 amide bonds. The van der Waals surface area contributed by atoms with Crippen molar-refractivity contribution in [2.24, 2.45) is 0 Å². The maximum Gasteiger partial charge on any atom is 0.129 e.